The molecule has 0 saturated carbocycles. The first-order chi connectivity index (χ1) is 9.39. The van der Waals surface area contributed by atoms with Crippen molar-refractivity contribution in [2.24, 2.45) is 11.3 Å². The maximum atomic E-state index is 3.75. The third-order valence-corrected chi connectivity index (χ3v) is 4.93. The SMILES string of the molecule is CCCCCC(C)(C)CN1CC(C(C)C)NCC1CC. The van der Waals surface area contributed by atoms with Gasteiger partial charge in [0, 0.05) is 31.7 Å². The summed E-state index contributed by atoms with van der Waals surface area (Å²) in [6.07, 6.45) is 6.74. The molecule has 0 spiro atoms. The molecule has 0 aliphatic carbocycles. The summed E-state index contributed by atoms with van der Waals surface area (Å²) in [4.78, 5) is 2.77. The van der Waals surface area contributed by atoms with Crippen molar-refractivity contribution in [2.75, 3.05) is 19.6 Å². The van der Waals surface area contributed by atoms with E-state index >= 15 is 0 Å². The largest absolute Gasteiger partial charge is 0.311 e. The molecule has 0 aromatic carbocycles. The van der Waals surface area contributed by atoms with Gasteiger partial charge in [-0.15, -0.1) is 0 Å². The van der Waals surface area contributed by atoms with Gasteiger partial charge in [-0.3, -0.25) is 4.90 Å². The van der Waals surface area contributed by atoms with Crippen LogP contribution in [-0.4, -0.2) is 36.6 Å². The first-order valence-corrected chi connectivity index (χ1v) is 8.87. The average molecular weight is 283 g/mol. The number of rotatable bonds is 8. The molecule has 1 saturated heterocycles. The lowest BCUT2D eigenvalue weighted by atomic mass is 9.85. The summed E-state index contributed by atoms with van der Waals surface area (Å²) in [5.74, 6) is 0.735. The molecular formula is C18H38N2. The Labute approximate surface area is 127 Å². The quantitative estimate of drug-likeness (QED) is 0.668. The van der Waals surface area contributed by atoms with Gasteiger partial charge in [-0.2, -0.15) is 0 Å². The number of nitrogens with zero attached hydrogens (tertiary/aromatic N) is 1. The van der Waals surface area contributed by atoms with Crippen LogP contribution in [0, 0.1) is 11.3 Å². The second-order valence-electron chi connectivity index (χ2n) is 7.87. The van der Waals surface area contributed by atoms with Crippen molar-refractivity contribution in [3.05, 3.63) is 0 Å². The number of piperazine rings is 1. The fourth-order valence-corrected chi connectivity index (χ4v) is 3.41. The maximum Gasteiger partial charge on any atom is 0.0219 e. The van der Waals surface area contributed by atoms with Crippen LogP contribution in [0.2, 0.25) is 0 Å². The fourth-order valence-electron chi connectivity index (χ4n) is 3.41. The van der Waals surface area contributed by atoms with Crippen molar-refractivity contribution in [3.63, 3.8) is 0 Å². The van der Waals surface area contributed by atoms with Gasteiger partial charge in [-0.1, -0.05) is 60.8 Å². The van der Waals surface area contributed by atoms with E-state index in [0.29, 0.717) is 11.5 Å². The average Bonchev–Trinajstić information content (AvgIpc) is 2.38. The number of hydrogen-bond donors (Lipinski definition) is 1. The topological polar surface area (TPSA) is 15.3 Å². The molecule has 1 fully saturated rings. The summed E-state index contributed by atoms with van der Waals surface area (Å²) in [7, 11) is 0. The highest BCUT2D eigenvalue weighted by atomic mass is 15.2. The smallest absolute Gasteiger partial charge is 0.0219 e. The van der Waals surface area contributed by atoms with Crippen molar-refractivity contribution in [3.8, 4) is 0 Å². The van der Waals surface area contributed by atoms with Gasteiger partial charge < -0.3 is 5.32 Å². The van der Waals surface area contributed by atoms with Crippen molar-refractivity contribution in [1.82, 2.24) is 10.2 Å². The molecule has 0 aromatic rings. The minimum absolute atomic E-state index is 0.460. The van der Waals surface area contributed by atoms with Crippen LogP contribution in [0.25, 0.3) is 0 Å². The molecule has 1 heterocycles. The Morgan fingerprint density at radius 1 is 1.20 bits per heavy atom. The van der Waals surface area contributed by atoms with Crippen molar-refractivity contribution in [1.29, 1.82) is 0 Å². The standard InChI is InChI=1S/C18H38N2/c1-7-9-10-11-18(5,6)14-20-13-17(15(3)4)19-12-16(20)8-2/h15-17,19H,7-14H2,1-6H3. The molecule has 1 rings (SSSR count). The second kappa shape index (κ2) is 8.38. The van der Waals surface area contributed by atoms with Gasteiger partial charge in [0.15, 0.2) is 0 Å². The van der Waals surface area contributed by atoms with E-state index < -0.39 is 0 Å². The molecule has 120 valence electrons. The van der Waals surface area contributed by atoms with Gasteiger partial charge in [-0.05, 0) is 24.2 Å². The van der Waals surface area contributed by atoms with E-state index in [4.69, 9.17) is 0 Å². The van der Waals surface area contributed by atoms with Gasteiger partial charge in [0.05, 0.1) is 0 Å². The highest BCUT2D eigenvalue weighted by Gasteiger charge is 2.31. The lowest BCUT2D eigenvalue weighted by molar-refractivity contribution is 0.0668. The van der Waals surface area contributed by atoms with E-state index in [0.717, 1.165) is 12.0 Å². The Hall–Kier alpha value is -0.0800. The summed E-state index contributed by atoms with van der Waals surface area (Å²) in [5.41, 5.74) is 0.460. The van der Waals surface area contributed by atoms with Crippen LogP contribution in [0.1, 0.15) is 73.6 Å². The molecule has 2 nitrogen and oxygen atoms in total. The Morgan fingerprint density at radius 3 is 2.45 bits per heavy atom. The Balaban J connectivity index is 2.55. The molecule has 0 aromatic heterocycles. The zero-order chi connectivity index (χ0) is 15.2. The minimum Gasteiger partial charge on any atom is -0.311 e. The Bertz CT molecular complexity index is 260. The lowest BCUT2D eigenvalue weighted by Crippen LogP contribution is -2.59. The summed E-state index contributed by atoms with van der Waals surface area (Å²) in [6, 6.07) is 1.40. The van der Waals surface area contributed by atoms with Crippen molar-refractivity contribution in [2.45, 2.75) is 85.7 Å². The van der Waals surface area contributed by atoms with Gasteiger partial charge in [0.1, 0.15) is 0 Å². The van der Waals surface area contributed by atoms with E-state index in [9.17, 15) is 0 Å². The zero-order valence-electron chi connectivity index (χ0n) is 14.8. The van der Waals surface area contributed by atoms with E-state index in [2.05, 4.69) is 51.8 Å². The van der Waals surface area contributed by atoms with Crippen molar-refractivity contribution < 1.29 is 0 Å². The van der Waals surface area contributed by atoms with Gasteiger partial charge in [-0.25, -0.2) is 0 Å². The molecule has 20 heavy (non-hydrogen) atoms. The van der Waals surface area contributed by atoms with Crippen LogP contribution in [0.5, 0.6) is 0 Å². The molecule has 0 radical (unpaired) electrons. The van der Waals surface area contributed by atoms with Crippen LogP contribution in [0.4, 0.5) is 0 Å². The Kier molecular flexibility index (Phi) is 7.53. The van der Waals surface area contributed by atoms with Gasteiger partial charge >= 0.3 is 0 Å². The van der Waals surface area contributed by atoms with E-state index in [1.54, 1.807) is 0 Å². The molecule has 2 unspecified atom stereocenters. The molecular weight excluding hydrogens is 244 g/mol. The van der Waals surface area contributed by atoms with Crippen LogP contribution in [-0.2, 0) is 0 Å². The normalized spacial score (nSPS) is 25.4. The summed E-state index contributed by atoms with van der Waals surface area (Å²) >= 11 is 0. The molecule has 0 bridgehead atoms. The highest BCUT2D eigenvalue weighted by Crippen LogP contribution is 2.28. The van der Waals surface area contributed by atoms with Crippen LogP contribution in [0.15, 0.2) is 0 Å². The van der Waals surface area contributed by atoms with Crippen molar-refractivity contribution >= 4 is 0 Å². The maximum absolute atomic E-state index is 3.75. The molecule has 1 aliphatic rings. The van der Waals surface area contributed by atoms with Gasteiger partial charge in [0.25, 0.3) is 0 Å². The van der Waals surface area contributed by atoms with E-state index in [1.807, 2.05) is 0 Å². The first-order valence-electron chi connectivity index (χ1n) is 8.87. The van der Waals surface area contributed by atoms with E-state index in [1.165, 1.54) is 51.7 Å². The number of hydrogen-bond acceptors (Lipinski definition) is 2. The third-order valence-electron chi connectivity index (χ3n) is 4.93. The lowest BCUT2D eigenvalue weighted by Gasteiger charge is -2.45. The molecule has 1 aliphatic heterocycles. The summed E-state index contributed by atoms with van der Waals surface area (Å²) < 4.78 is 0. The number of unbranched alkanes of at least 4 members (excludes halogenated alkanes) is 2. The van der Waals surface area contributed by atoms with Crippen LogP contribution >= 0.6 is 0 Å². The third kappa shape index (κ3) is 5.73. The predicted molar refractivity (Wildman–Crippen MR) is 90.2 cm³/mol. The Morgan fingerprint density at radius 2 is 1.90 bits per heavy atom. The van der Waals surface area contributed by atoms with Gasteiger partial charge in [0.2, 0.25) is 0 Å². The van der Waals surface area contributed by atoms with E-state index in [-0.39, 0.29) is 0 Å². The molecule has 2 heteroatoms. The summed E-state index contributed by atoms with van der Waals surface area (Å²) in [6.45, 7) is 17.9. The predicted octanol–water partition coefficient (Wildman–Crippen LogP) is 4.30. The first kappa shape index (κ1) is 18.0. The molecule has 1 N–H and O–H groups in total. The molecule has 2 atom stereocenters. The number of nitrogens with one attached hydrogen (secondary N) is 1. The molecule has 0 amide bonds. The monoisotopic (exact) mass is 282 g/mol. The fraction of sp³-hybridized carbons (Fsp3) is 1.00. The second-order valence-corrected chi connectivity index (χ2v) is 7.87. The van der Waals surface area contributed by atoms with Crippen LogP contribution in [0.3, 0.4) is 0 Å². The highest BCUT2D eigenvalue weighted by molar-refractivity contribution is 4.89. The summed E-state index contributed by atoms with van der Waals surface area (Å²) in [5, 5.41) is 3.75. The van der Waals surface area contributed by atoms with Crippen LogP contribution < -0.4 is 5.32 Å². The minimum atomic E-state index is 0.460. The zero-order valence-corrected chi connectivity index (χ0v) is 14.8.